The van der Waals surface area contributed by atoms with Gasteiger partial charge in [0.25, 0.3) is 5.71 Å². The fourth-order valence-corrected chi connectivity index (χ4v) is 0.963. The highest BCUT2D eigenvalue weighted by atomic mass is 14.9. The minimum atomic E-state index is 0.727. The quantitative estimate of drug-likeness (QED) is 0.348. The summed E-state index contributed by atoms with van der Waals surface area (Å²) in [6.45, 7) is 1.96. The molecule has 2 nitrogen and oxygen atoms in total. The van der Waals surface area contributed by atoms with Gasteiger partial charge in [-0.25, -0.2) is 0 Å². The molecule has 0 N–H and O–H groups in total. The van der Waals surface area contributed by atoms with Crippen molar-refractivity contribution in [1.29, 1.82) is 0 Å². The van der Waals surface area contributed by atoms with E-state index in [1.165, 1.54) is 0 Å². The first kappa shape index (κ1) is 7.70. The lowest BCUT2D eigenvalue weighted by molar-refractivity contribution is -0.00654. The molecular formula is C9H10N2. The van der Waals surface area contributed by atoms with Crippen molar-refractivity contribution in [2.24, 2.45) is 0 Å². The first-order valence-electron chi connectivity index (χ1n) is 3.64. The highest BCUT2D eigenvalue weighted by Crippen LogP contribution is 2.00. The maximum absolute atomic E-state index is 8.57. The van der Waals surface area contributed by atoms with E-state index in [1.807, 2.05) is 37.3 Å². The van der Waals surface area contributed by atoms with Crippen molar-refractivity contribution in [3.63, 3.8) is 0 Å². The van der Waals surface area contributed by atoms with Gasteiger partial charge in [-0.2, -0.15) is 4.79 Å². The van der Waals surface area contributed by atoms with Gasteiger partial charge in [0.2, 0.25) is 0 Å². The lowest BCUT2D eigenvalue weighted by atomic mass is 10.1. The summed E-state index contributed by atoms with van der Waals surface area (Å²) in [5.41, 5.74) is 10.3. The number of nitrogens with zero attached hydrogens (tertiary/aromatic N) is 2. The predicted molar refractivity (Wildman–Crippen MR) is 44.5 cm³/mol. The molecule has 0 aliphatic rings. The van der Waals surface area contributed by atoms with Crippen molar-refractivity contribution in [1.82, 2.24) is 0 Å². The van der Waals surface area contributed by atoms with Crippen LogP contribution in [0.3, 0.4) is 0 Å². The highest BCUT2D eigenvalue weighted by molar-refractivity contribution is 5.95. The molecule has 1 rings (SSSR count). The van der Waals surface area contributed by atoms with E-state index in [0.29, 0.717) is 0 Å². The number of rotatable bonds is 2. The third-order valence-electron chi connectivity index (χ3n) is 1.56. The molecule has 0 saturated carbocycles. The maximum Gasteiger partial charge on any atom is 0.298 e. The number of benzene rings is 1. The van der Waals surface area contributed by atoms with Gasteiger partial charge in [0.05, 0.1) is 5.56 Å². The van der Waals surface area contributed by atoms with Crippen LogP contribution in [0.2, 0.25) is 0 Å². The zero-order chi connectivity index (χ0) is 8.10. The molecule has 11 heavy (non-hydrogen) atoms. The average molecular weight is 146 g/mol. The van der Waals surface area contributed by atoms with Crippen LogP contribution in [0.15, 0.2) is 30.3 Å². The van der Waals surface area contributed by atoms with Crippen LogP contribution in [0.5, 0.6) is 0 Å². The number of hydrogen-bond donors (Lipinski definition) is 0. The van der Waals surface area contributed by atoms with Crippen molar-refractivity contribution in [3.05, 3.63) is 41.4 Å². The Bertz CT molecular complexity index is 271. The van der Waals surface area contributed by atoms with Gasteiger partial charge >= 0.3 is 0 Å². The molecule has 1 aromatic carbocycles. The van der Waals surface area contributed by atoms with Gasteiger partial charge in [0, 0.05) is 6.42 Å². The summed E-state index contributed by atoms with van der Waals surface area (Å²) < 4.78 is 0. The molecule has 0 radical (unpaired) electrons. The Kier molecular flexibility index (Phi) is 2.59. The van der Waals surface area contributed by atoms with Crippen LogP contribution in [0.1, 0.15) is 18.9 Å². The van der Waals surface area contributed by atoms with E-state index in [-0.39, 0.29) is 0 Å². The van der Waals surface area contributed by atoms with Gasteiger partial charge in [-0.1, -0.05) is 25.1 Å². The number of hydrogen-bond acceptors (Lipinski definition) is 0. The van der Waals surface area contributed by atoms with E-state index in [9.17, 15) is 0 Å². The second kappa shape index (κ2) is 3.69. The third-order valence-corrected chi connectivity index (χ3v) is 1.56. The summed E-state index contributed by atoms with van der Waals surface area (Å²) >= 11 is 0. The Morgan fingerprint density at radius 1 is 1.36 bits per heavy atom. The second-order valence-corrected chi connectivity index (χ2v) is 2.27. The van der Waals surface area contributed by atoms with Gasteiger partial charge in [0.15, 0.2) is 0 Å². The fourth-order valence-electron chi connectivity index (χ4n) is 0.963. The van der Waals surface area contributed by atoms with Gasteiger partial charge in [-0.15, -0.1) is 0 Å². The molecule has 0 unspecified atom stereocenters. The molecule has 56 valence electrons. The molecule has 0 atom stereocenters. The Balaban J connectivity index is 3.02. The van der Waals surface area contributed by atoms with Crippen LogP contribution in [-0.2, 0) is 0 Å². The van der Waals surface area contributed by atoms with Gasteiger partial charge in [-0.05, 0) is 12.1 Å². The Morgan fingerprint density at radius 3 is 2.45 bits per heavy atom. The van der Waals surface area contributed by atoms with Crippen molar-refractivity contribution >= 4 is 5.71 Å². The molecule has 0 heterocycles. The van der Waals surface area contributed by atoms with E-state index in [0.717, 1.165) is 17.7 Å². The summed E-state index contributed by atoms with van der Waals surface area (Å²) in [6, 6.07) is 9.65. The van der Waals surface area contributed by atoms with Gasteiger partial charge < -0.3 is 5.53 Å². The summed E-state index contributed by atoms with van der Waals surface area (Å²) in [7, 11) is 0. The van der Waals surface area contributed by atoms with Crippen molar-refractivity contribution in [2.75, 3.05) is 0 Å². The van der Waals surface area contributed by atoms with E-state index in [4.69, 9.17) is 5.53 Å². The minimum Gasteiger partial charge on any atom is -0.361 e. The third kappa shape index (κ3) is 1.76. The topological polar surface area (TPSA) is 36.4 Å². The Morgan fingerprint density at radius 2 is 2.00 bits per heavy atom. The standard InChI is InChI=1S/C9H10N2/c1-2-9(11-10)8-6-4-3-5-7-8/h3-7H,2H2,1H3. The normalized spacial score (nSPS) is 8.82. The van der Waals surface area contributed by atoms with E-state index < -0.39 is 0 Å². The molecule has 0 aromatic heterocycles. The molecule has 1 aromatic rings. The molecule has 0 saturated heterocycles. The van der Waals surface area contributed by atoms with Crippen LogP contribution in [0.25, 0.3) is 5.53 Å². The van der Waals surface area contributed by atoms with Crippen LogP contribution in [0, 0.1) is 0 Å². The molecule has 0 fully saturated rings. The Labute approximate surface area is 66.1 Å². The monoisotopic (exact) mass is 146 g/mol. The lowest BCUT2D eigenvalue weighted by Gasteiger charge is -1.90. The predicted octanol–water partition coefficient (Wildman–Crippen LogP) is 2.12. The highest BCUT2D eigenvalue weighted by Gasteiger charge is 2.05. The molecule has 0 amide bonds. The SMILES string of the molecule is CCC(=[N+]=[N-])c1ccccc1. The fraction of sp³-hybridized carbons (Fsp3) is 0.222. The van der Waals surface area contributed by atoms with Crippen molar-refractivity contribution in [3.8, 4) is 0 Å². The summed E-state index contributed by atoms with van der Waals surface area (Å²) in [4.78, 5) is 3.19. The largest absolute Gasteiger partial charge is 0.361 e. The van der Waals surface area contributed by atoms with Crippen molar-refractivity contribution in [2.45, 2.75) is 13.3 Å². The van der Waals surface area contributed by atoms with E-state index in [1.54, 1.807) is 0 Å². The van der Waals surface area contributed by atoms with Crippen molar-refractivity contribution < 1.29 is 4.79 Å². The van der Waals surface area contributed by atoms with Crippen LogP contribution in [-0.4, -0.2) is 10.5 Å². The smallest absolute Gasteiger partial charge is 0.298 e. The molecular weight excluding hydrogens is 136 g/mol. The molecule has 0 aliphatic carbocycles. The summed E-state index contributed by atoms with van der Waals surface area (Å²) in [5.74, 6) is 0. The second-order valence-electron chi connectivity index (χ2n) is 2.27. The van der Waals surface area contributed by atoms with Crippen LogP contribution >= 0.6 is 0 Å². The average Bonchev–Trinajstić information content (AvgIpc) is 2.09. The van der Waals surface area contributed by atoms with Gasteiger partial charge in [-0.3, -0.25) is 0 Å². The zero-order valence-corrected chi connectivity index (χ0v) is 6.49. The summed E-state index contributed by atoms with van der Waals surface area (Å²) in [5, 5.41) is 0. The molecule has 0 aliphatic heterocycles. The van der Waals surface area contributed by atoms with Crippen LogP contribution in [0.4, 0.5) is 0 Å². The Hall–Kier alpha value is -1.40. The first-order chi connectivity index (χ1) is 5.38. The lowest BCUT2D eigenvalue weighted by Crippen LogP contribution is -1.98. The summed E-state index contributed by atoms with van der Waals surface area (Å²) in [6.07, 6.45) is 0.751. The first-order valence-corrected chi connectivity index (χ1v) is 3.64. The van der Waals surface area contributed by atoms with E-state index in [2.05, 4.69) is 4.79 Å². The molecule has 0 spiro atoms. The molecule has 2 heteroatoms. The van der Waals surface area contributed by atoms with E-state index >= 15 is 0 Å². The maximum atomic E-state index is 8.57. The van der Waals surface area contributed by atoms with Crippen LogP contribution < -0.4 is 0 Å². The zero-order valence-electron chi connectivity index (χ0n) is 6.49. The molecule has 0 bridgehead atoms. The van der Waals surface area contributed by atoms with Gasteiger partial charge in [0.1, 0.15) is 0 Å². The minimum absolute atomic E-state index is 0.727.